The van der Waals surface area contributed by atoms with Gasteiger partial charge in [-0.15, -0.1) is 0 Å². The highest BCUT2D eigenvalue weighted by Crippen LogP contribution is 2.30. The van der Waals surface area contributed by atoms with Gasteiger partial charge in [-0.2, -0.15) is 0 Å². The molecule has 0 spiro atoms. The van der Waals surface area contributed by atoms with Crippen molar-refractivity contribution < 1.29 is 8.42 Å². The zero-order chi connectivity index (χ0) is 11.6. The van der Waals surface area contributed by atoms with Crippen molar-refractivity contribution in [2.24, 2.45) is 11.7 Å². The van der Waals surface area contributed by atoms with Crippen molar-refractivity contribution >= 4 is 10.0 Å². The number of hydrogen-bond acceptors (Lipinski definition) is 3. The van der Waals surface area contributed by atoms with Crippen LogP contribution < -0.4 is 5.73 Å². The average Bonchev–Trinajstić information content (AvgIpc) is 2.15. The summed E-state index contributed by atoms with van der Waals surface area (Å²) in [6.45, 7) is 1.19. The van der Waals surface area contributed by atoms with Crippen molar-refractivity contribution in [3.05, 3.63) is 0 Å². The Labute approximate surface area is 98.2 Å². The number of sulfonamides is 1. The monoisotopic (exact) mass is 246 g/mol. The van der Waals surface area contributed by atoms with Crippen LogP contribution in [-0.2, 0) is 10.0 Å². The van der Waals surface area contributed by atoms with Crippen LogP contribution in [0.3, 0.4) is 0 Å². The lowest BCUT2D eigenvalue weighted by atomic mass is 9.84. The van der Waals surface area contributed by atoms with E-state index in [-0.39, 0.29) is 6.04 Å². The van der Waals surface area contributed by atoms with E-state index in [0.717, 1.165) is 19.3 Å². The topological polar surface area (TPSA) is 63.4 Å². The van der Waals surface area contributed by atoms with Gasteiger partial charge < -0.3 is 5.73 Å². The van der Waals surface area contributed by atoms with Gasteiger partial charge >= 0.3 is 0 Å². The molecule has 2 rings (SSSR count). The van der Waals surface area contributed by atoms with Crippen LogP contribution in [0, 0.1) is 5.92 Å². The molecule has 1 aliphatic heterocycles. The Balaban J connectivity index is 1.84. The summed E-state index contributed by atoms with van der Waals surface area (Å²) in [6.07, 6.45) is 6.41. The van der Waals surface area contributed by atoms with Gasteiger partial charge in [0.2, 0.25) is 10.0 Å². The molecule has 0 aromatic rings. The van der Waals surface area contributed by atoms with Crippen molar-refractivity contribution in [3.63, 3.8) is 0 Å². The molecule has 1 saturated heterocycles. The first-order valence-electron chi connectivity index (χ1n) is 6.31. The predicted molar refractivity (Wildman–Crippen MR) is 64.5 cm³/mol. The summed E-state index contributed by atoms with van der Waals surface area (Å²) < 4.78 is 25.7. The van der Waals surface area contributed by atoms with Gasteiger partial charge in [0, 0.05) is 19.1 Å². The molecule has 2 fully saturated rings. The van der Waals surface area contributed by atoms with Gasteiger partial charge in [-0.05, 0) is 25.2 Å². The van der Waals surface area contributed by atoms with Crippen LogP contribution >= 0.6 is 0 Å². The summed E-state index contributed by atoms with van der Waals surface area (Å²) >= 11 is 0. The van der Waals surface area contributed by atoms with Crippen molar-refractivity contribution in [2.45, 2.75) is 44.6 Å². The maximum Gasteiger partial charge on any atom is 0.214 e. The molecule has 94 valence electrons. The lowest BCUT2D eigenvalue weighted by Crippen LogP contribution is -2.46. The molecule has 0 aromatic carbocycles. The summed E-state index contributed by atoms with van der Waals surface area (Å²) in [5, 5.41) is 0. The summed E-state index contributed by atoms with van der Waals surface area (Å²) in [5.41, 5.74) is 5.81. The van der Waals surface area contributed by atoms with E-state index in [1.807, 2.05) is 0 Å². The lowest BCUT2D eigenvalue weighted by Gasteiger charge is -2.31. The van der Waals surface area contributed by atoms with Gasteiger partial charge in [0.25, 0.3) is 0 Å². The van der Waals surface area contributed by atoms with E-state index in [4.69, 9.17) is 5.73 Å². The fourth-order valence-electron chi connectivity index (χ4n) is 2.45. The van der Waals surface area contributed by atoms with Gasteiger partial charge in [-0.1, -0.05) is 19.3 Å². The zero-order valence-corrected chi connectivity index (χ0v) is 10.6. The van der Waals surface area contributed by atoms with E-state index >= 15 is 0 Å². The van der Waals surface area contributed by atoms with Crippen LogP contribution in [0.25, 0.3) is 0 Å². The van der Waals surface area contributed by atoms with Crippen LogP contribution in [0.2, 0.25) is 0 Å². The van der Waals surface area contributed by atoms with Crippen LogP contribution in [0.15, 0.2) is 0 Å². The Morgan fingerprint density at radius 2 is 1.94 bits per heavy atom. The number of nitrogens with two attached hydrogens (primary N) is 1. The van der Waals surface area contributed by atoms with Gasteiger partial charge in [-0.3, -0.25) is 0 Å². The molecule has 1 heterocycles. The SMILES string of the molecule is N[C@@H]1CCCN(S(=O)(=O)CCC2CCC2)C1. The standard InChI is InChI=1S/C11H22N2O2S/c12-11-5-2-7-13(9-11)16(14,15)8-6-10-3-1-4-10/h10-11H,1-9,12H2/t11-/m1/s1. The van der Waals surface area contributed by atoms with E-state index in [1.54, 1.807) is 4.31 Å². The van der Waals surface area contributed by atoms with Gasteiger partial charge in [0.1, 0.15) is 0 Å². The molecule has 5 heteroatoms. The highest BCUT2D eigenvalue weighted by molar-refractivity contribution is 7.89. The number of nitrogens with zero attached hydrogens (tertiary/aromatic N) is 1. The molecular formula is C11H22N2O2S. The lowest BCUT2D eigenvalue weighted by molar-refractivity contribution is 0.295. The Hall–Kier alpha value is -0.130. The van der Waals surface area contributed by atoms with Crippen LogP contribution in [0.1, 0.15) is 38.5 Å². The summed E-state index contributed by atoms with van der Waals surface area (Å²) in [5.74, 6) is 0.984. The normalized spacial score (nSPS) is 28.9. The fraction of sp³-hybridized carbons (Fsp3) is 1.00. The average molecular weight is 246 g/mol. The van der Waals surface area contributed by atoms with Crippen LogP contribution in [0.5, 0.6) is 0 Å². The molecule has 2 N–H and O–H groups in total. The first-order valence-corrected chi connectivity index (χ1v) is 7.92. The Morgan fingerprint density at radius 1 is 1.19 bits per heavy atom. The Morgan fingerprint density at radius 3 is 2.50 bits per heavy atom. The van der Waals surface area contributed by atoms with E-state index in [1.165, 1.54) is 19.3 Å². The first-order chi connectivity index (χ1) is 7.58. The minimum atomic E-state index is -3.03. The molecule has 2 aliphatic rings. The van der Waals surface area contributed by atoms with Gasteiger partial charge in [0.15, 0.2) is 0 Å². The van der Waals surface area contributed by atoms with Crippen LogP contribution in [0.4, 0.5) is 0 Å². The predicted octanol–water partition coefficient (Wildman–Crippen LogP) is 0.929. The number of hydrogen-bond donors (Lipinski definition) is 1. The molecular weight excluding hydrogens is 224 g/mol. The Kier molecular flexibility index (Phi) is 3.87. The molecule has 0 unspecified atom stereocenters. The van der Waals surface area contributed by atoms with Crippen molar-refractivity contribution in [1.29, 1.82) is 0 Å². The third-order valence-electron chi connectivity index (χ3n) is 3.82. The summed E-state index contributed by atoms with van der Waals surface area (Å²) in [4.78, 5) is 0. The minimum Gasteiger partial charge on any atom is -0.327 e. The summed E-state index contributed by atoms with van der Waals surface area (Å²) in [6, 6.07) is 0.0345. The smallest absolute Gasteiger partial charge is 0.214 e. The van der Waals surface area contributed by atoms with E-state index in [0.29, 0.717) is 24.8 Å². The van der Waals surface area contributed by atoms with E-state index in [9.17, 15) is 8.42 Å². The third kappa shape index (κ3) is 2.96. The van der Waals surface area contributed by atoms with Crippen molar-refractivity contribution in [3.8, 4) is 0 Å². The molecule has 1 saturated carbocycles. The minimum absolute atomic E-state index is 0.0345. The maximum absolute atomic E-state index is 12.0. The van der Waals surface area contributed by atoms with Crippen molar-refractivity contribution in [1.82, 2.24) is 4.31 Å². The molecule has 0 bridgehead atoms. The molecule has 0 radical (unpaired) electrons. The molecule has 16 heavy (non-hydrogen) atoms. The molecule has 1 aliphatic carbocycles. The number of rotatable bonds is 4. The molecule has 0 aromatic heterocycles. The van der Waals surface area contributed by atoms with E-state index < -0.39 is 10.0 Å². The second-order valence-corrected chi connectivity index (χ2v) is 7.25. The largest absolute Gasteiger partial charge is 0.327 e. The third-order valence-corrected chi connectivity index (χ3v) is 5.69. The Bertz CT molecular complexity index is 325. The second-order valence-electron chi connectivity index (χ2n) is 5.16. The fourth-order valence-corrected chi connectivity index (χ4v) is 4.17. The van der Waals surface area contributed by atoms with Crippen LogP contribution in [-0.4, -0.2) is 37.6 Å². The quantitative estimate of drug-likeness (QED) is 0.802. The first kappa shape index (κ1) is 12.3. The molecule has 4 nitrogen and oxygen atoms in total. The van der Waals surface area contributed by atoms with Gasteiger partial charge in [0.05, 0.1) is 5.75 Å². The van der Waals surface area contributed by atoms with Gasteiger partial charge in [-0.25, -0.2) is 12.7 Å². The highest BCUT2D eigenvalue weighted by Gasteiger charge is 2.28. The van der Waals surface area contributed by atoms with Crippen molar-refractivity contribution in [2.75, 3.05) is 18.8 Å². The zero-order valence-electron chi connectivity index (χ0n) is 9.77. The highest BCUT2D eigenvalue weighted by atomic mass is 32.2. The summed E-state index contributed by atoms with van der Waals surface area (Å²) in [7, 11) is -3.03. The maximum atomic E-state index is 12.0. The molecule has 1 atom stereocenters. The molecule has 0 amide bonds. The number of piperidine rings is 1. The second kappa shape index (κ2) is 5.02. The van der Waals surface area contributed by atoms with E-state index in [2.05, 4.69) is 0 Å².